The summed E-state index contributed by atoms with van der Waals surface area (Å²) < 4.78 is 1.62. The van der Waals surface area contributed by atoms with E-state index in [1.807, 2.05) is 60.5 Å². The molecule has 0 N–H and O–H groups in total. The van der Waals surface area contributed by atoms with E-state index in [0.717, 1.165) is 19.6 Å². The topological polar surface area (TPSA) is 9.72 Å². The Kier molecular flexibility index (Phi) is 22.7. The van der Waals surface area contributed by atoms with Gasteiger partial charge in [-0.3, -0.25) is 0 Å². The van der Waals surface area contributed by atoms with Crippen LogP contribution in [0.15, 0.2) is 59.0 Å². The second kappa shape index (κ2) is 19.8. The fourth-order valence-electron chi connectivity index (χ4n) is 1.98. The Balaban J connectivity index is -0.000000309. The van der Waals surface area contributed by atoms with Crippen LogP contribution in [0.2, 0.25) is 0 Å². The Bertz CT molecular complexity index is 433. The van der Waals surface area contributed by atoms with Crippen molar-refractivity contribution in [3.63, 3.8) is 0 Å². The van der Waals surface area contributed by atoms with Crippen LogP contribution in [-0.2, 0) is 24.7 Å². The molecule has 0 bridgehead atoms. The van der Waals surface area contributed by atoms with Crippen molar-refractivity contribution in [1.82, 2.24) is 14.7 Å². The SMILES string of the molecule is C=CCN(C)C.C=CCN(C)C.C=CCN(C)C.CC(C)(C)C1=[C]([Zr])CC=C1. The summed E-state index contributed by atoms with van der Waals surface area (Å²) in [5, 5.41) is 0. The third-order valence-electron chi connectivity index (χ3n) is 3.22. The van der Waals surface area contributed by atoms with Crippen molar-refractivity contribution >= 4 is 0 Å². The molecule has 0 aliphatic heterocycles. The molecule has 0 aromatic heterocycles. The molecule has 1 aliphatic rings. The second-order valence-electron chi connectivity index (χ2n) is 8.40. The minimum atomic E-state index is 0.367. The van der Waals surface area contributed by atoms with E-state index in [1.165, 1.54) is 6.42 Å². The van der Waals surface area contributed by atoms with E-state index >= 15 is 0 Å². The molecule has 0 atom stereocenters. The van der Waals surface area contributed by atoms with E-state index in [2.05, 4.69) is 67.4 Å². The molecule has 3 nitrogen and oxygen atoms in total. The maximum absolute atomic E-state index is 3.56. The quantitative estimate of drug-likeness (QED) is 0.509. The Hall–Kier alpha value is -0.537. The summed E-state index contributed by atoms with van der Waals surface area (Å²) in [6.07, 6.45) is 11.4. The standard InChI is InChI=1S/C9H13.3C5H11N.Zr/c1-9(2,3)8-6-4-5-7-8;3*1-4-5-6(2)3;/h4,6H,5H2,1-3H3;3*4H,1,5H2,2-3H3;. The van der Waals surface area contributed by atoms with E-state index in [4.69, 9.17) is 0 Å². The van der Waals surface area contributed by atoms with Gasteiger partial charge in [-0.15, -0.1) is 19.7 Å². The molecule has 0 aromatic carbocycles. The minimum absolute atomic E-state index is 0.367. The zero-order valence-corrected chi connectivity index (χ0v) is 22.6. The first kappa shape index (κ1) is 32.1. The Morgan fingerprint density at radius 3 is 1.21 bits per heavy atom. The Morgan fingerprint density at radius 2 is 1.14 bits per heavy atom. The third kappa shape index (κ3) is 25.5. The zero-order chi connectivity index (χ0) is 22.8. The number of hydrogen-bond acceptors (Lipinski definition) is 3. The van der Waals surface area contributed by atoms with Gasteiger partial charge in [0, 0.05) is 19.6 Å². The molecule has 4 heteroatoms. The number of rotatable bonds is 6. The summed E-state index contributed by atoms with van der Waals surface area (Å²) in [5.74, 6) is 0. The number of allylic oxidation sites excluding steroid dienone is 4. The molecule has 0 saturated carbocycles. The van der Waals surface area contributed by atoms with Gasteiger partial charge in [-0.2, -0.15) is 0 Å². The van der Waals surface area contributed by atoms with Gasteiger partial charge in [-0.1, -0.05) is 18.2 Å². The summed E-state index contributed by atoms with van der Waals surface area (Å²) in [7, 11) is 12.1. The van der Waals surface area contributed by atoms with Crippen molar-refractivity contribution in [1.29, 1.82) is 0 Å². The van der Waals surface area contributed by atoms with Gasteiger partial charge in [0.1, 0.15) is 0 Å². The molecule has 0 unspecified atom stereocenters. The Labute approximate surface area is 192 Å². The van der Waals surface area contributed by atoms with E-state index in [0.29, 0.717) is 5.41 Å². The average Bonchev–Trinajstić information content (AvgIpc) is 2.95. The van der Waals surface area contributed by atoms with E-state index in [1.54, 1.807) is 33.6 Å². The zero-order valence-electron chi connectivity index (χ0n) is 20.2. The summed E-state index contributed by atoms with van der Waals surface area (Å²) in [5.41, 5.74) is 1.93. The predicted octanol–water partition coefficient (Wildman–Crippen LogP) is 5.00. The van der Waals surface area contributed by atoms with Crippen molar-refractivity contribution in [3.05, 3.63) is 59.0 Å². The molecule has 0 amide bonds. The first-order chi connectivity index (χ1) is 12.8. The Morgan fingerprint density at radius 1 is 0.821 bits per heavy atom. The fraction of sp³-hybridized carbons (Fsp3) is 0.583. The molecule has 1 aliphatic carbocycles. The molecule has 0 radical (unpaired) electrons. The molecule has 0 fully saturated rings. The van der Waals surface area contributed by atoms with Crippen LogP contribution in [0.25, 0.3) is 0 Å². The normalized spacial score (nSPS) is 12.5. The molecule has 1 rings (SSSR count). The average molecular weight is 468 g/mol. The predicted molar refractivity (Wildman–Crippen MR) is 126 cm³/mol. The van der Waals surface area contributed by atoms with Crippen molar-refractivity contribution < 1.29 is 24.7 Å². The molecule has 0 aromatic rings. The van der Waals surface area contributed by atoms with Crippen LogP contribution in [0.5, 0.6) is 0 Å². The van der Waals surface area contributed by atoms with Gasteiger partial charge in [-0.05, 0) is 42.3 Å². The molecular formula is C24H46N3Zr. The fourth-order valence-corrected chi connectivity index (χ4v) is 3.40. The van der Waals surface area contributed by atoms with Gasteiger partial charge in [0.05, 0.1) is 0 Å². The number of likely N-dealkylation sites (N-methyl/N-ethyl adjacent to an activating group) is 3. The van der Waals surface area contributed by atoms with Crippen LogP contribution in [0.1, 0.15) is 27.2 Å². The summed E-state index contributed by atoms with van der Waals surface area (Å²) in [6, 6.07) is 0. The molecule has 0 heterocycles. The van der Waals surface area contributed by atoms with Crippen LogP contribution in [0, 0.1) is 5.41 Å². The van der Waals surface area contributed by atoms with Crippen molar-refractivity contribution in [2.24, 2.45) is 5.41 Å². The van der Waals surface area contributed by atoms with Crippen LogP contribution < -0.4 is 0 Å². The summed E-state index contributed by atoms with van der Waals surface area (Å²) >= 11 is 1.58. The molecule has 28 heavy (non-hydrogen) atoms. The van der Waals surface area contributed by atoms with Gasteiger partial charge < -0.3 is 14.7 Å². The van der Waals surface area contributed by atoms with Crippen LogP contribution in [0.4, 0.5) is 0 Å². The van der Waals surface area contributed by atoms with Crippen LogP contribution in [-0.4, -0.2) is 76.6 Å². The van der Waals surface area contributed by atoms with Gasteiger partial charge in [-0.25, -0.2) is 0 Å². The van der Waals surface area contributed by atoms with Crippen molar-refractivity contribution in [2.75, 3.05) is 61.9 Å². The van der Waals surface area contributed by atoms with E-state index in [9.17, 15) is 0 Å². The van der Waals surface area contributed by atoms with E-state index < -0.39 is 0 Å². The molecule has 161 valence electrons. The second-order valence-corrected chi connectivity index (χ2v) is 9.89. The first-order valence-electron chi connectivity index (χ1n) is 9.72. The first-order valence-corrected chi connectivity index (χ1v) is 10.9. The van der Waals surface area contributed by atoms with Gasteiger partial charge in [0.15, 0.2) is 0 Å². The van der Waals surface area contributed by atoms with Gasteiger partial charge in [0.25, 0.3) is 0 Å². The van der Waals surface area contributed by atoms with Crippen LogP contribution in [0.3, 0.4) is 0 Å². The monoisotopic (exact) mass is 466 g/mol. The molecule has 0 spiro atoms. The van der Waals surface area contributed by atoms with Gasteiger partial charge in [0.2, 0.25) is 0 Å². The summed E-state index contributed by atoms with van der Waals surface area (Å²) in [4.78, 5) is 6.19. The van der Waals surface area contributed by atoms with Crippen molar-refractivity contribution in [3.8, 4) is 0 Å². The maximum atomic E-state index is 3.56. The summed E-state index contributed by atoms with van der Waals surface area (Å²) in [6.45, 7) is 20.4. The van der Waals surface area contributed by atoms with Gasteiger partial charge >= 0.3 is 78.3 Å². The van der Waals surface area contributed by atoms with Crippen molar-refractivity contribution in [2.45, 2.75) is 27.2 Å². The van der Waals surface area contributed by atoms with Crippen LogP contribution >= 0.6 is 0 Å². The number of hydrogen-bond donors (Lipinski definition) is 0. The molecule has 0 saturated heterocycles. The van der Waals surface area contributed by atoms with E-state index in [-0.39, 0.29) is 0 Å². The molecular weight excluding hydrogens is 422 g/mol. The number of nitrogens with zero attached hydrogens (tertiary/aromatic N) is 3. The third-order valence-corrected chi connectivity index (χ3v) is 4.39.